The minimum Gasteiger partial charge on any atom is -0.315 e. The van der Waals surface area contributed by atoms with E-state index in [9.17, 15) is 9.59 Å². The zero-order valence-electron chi connectivity index (χ0n) is 12.4. The van der Waals surface area contributed by atoms with Crippen LogP contribution in [-0.2, 0) is 11.2 Å². The Morgan fingerprint density at radius 3 is 2.75 bits per heavy atom. The van der Waals surface area contributed by atoms with Crippen molar-refractivity contribution >= 4 is 17.4 Å². The van der Waals surface area contributed by atoms with Gasteiger partial charge in [0, 0.05) is 31.1 Å². The zero-order chi connectivity index (χ0) is 14.5. The Morgan fingerprint density at radius 2 is 2.00 bits per heavy atom. The number of ketones is 1. The van der Waals surface area contributed by atoms with Gasteiger partial charge in [0.15, 0.2) is 5.78 Å². The number of carbonyl (C=O) groups excluding carboxylic acids is 2. The van der Waals surface area contributed by atoms with Gasteiger partial charge in [-0.3, -0.25) is 9.59 Å². The summed E-state index contributed by atoms with van der Waals surface area (Å²) in [5.41, 5.74) is 2.86. The van der Waals surface area contributed by atoms with Gasteiger partial charge in [-0.1, -0.05) is 26.2 Å². The fraction of sp³-hybridized carbons (Fsp3) is 0.529. The average molecular weight is 273 g/mol. The molecule has 2 rings (SSSR count). The molecule has 0 aliphatic carbocycles. The summed E-state index contributed by atoms with van der Waals surface area (Å²) in [7, 11) is 1.80. The summed E-state index contributed by atoms with van der Waals surface area (Å²) >= 11 is 0. The lowest BCUT2D eigenvalue weighted by atomic mass is 9.96. The third kappa shape index (κ3) is 3.27. The molecule has 1 aliphatic heterocycles. The van der Waals surface area contributed by atoms with Crippen LogP contribution in [-0.4, -0.2) is 18.7 Å². The number of hydrogen-bond acceptors (Lipinski definition) is 2. The smallest absolute Gasteiger partial charge is 0.227 e. The first-order valence-electron chi connectivity index (χ1n) is 7.56. The first-order valence-corrected chi connectivity index (χ1v) is 7.56. The first kappa shape index (κ1) is 14.8. The van der Waals surface area contributed by atoms with Crippen molar-refractivity contribution in [3.63, 3.8) is 0 Å². The molecule has 108 valence electrons. The quantitative estimate of drug-likeness (QED) is 0.584. The lowest BCUT2D eigenvalue weighted by Gasteiger charge is -2.26. The van der Waals surface area contributed by atoms with Gasteiger partial charge in [0.05, 0.1) is 0 Å². The summed E-state index contributed by atoms with van der Waals surface area (Å²) in [5.74, 6) is 0.375. The number of unbranched alkanes of at least 4 members (excludes halogenated alkanes) is 3. The highest BCUT2D eigenvalue weighted by atomic mass is 16.2. The van der Waals surface area contributed by atoms with Gasteiger partial charge >= 0.3 is 0 Å². The van der Waals surface area contributed by atoms with Crippen LogP contribution in [0.2, 0.25) is 0 Å². The number of hydrogen-bond donors (Lipinski definition) is 0. The SMILES string of the molecule is CCCCCCC(=O)c1ccc2c(c1)CCC(=O)N2C. The third-order valence-electron chi connectivity index (χ3n) is 4.00. The first-order chi connectivity index (χ1) is 9.63. The topological polar surface area (TPSA) is 37.4 Å². The van der Waals surface area contributed by atoms with Crippen molar-refractivity contribution in [2.45, 2.75) is 51.9 Å². The van der Waals surface area contributed by atoms with Gasteiger partial charge < -0.3 is 4.90 Å². The molecule has 0 unspecified atom stereocenters. The normalized spacial score (nSPS) is 14.3. The second-order valence-corrected chi connectivity index (χ2v) is 5.53. The molecular weight excluding hydrogens is 250 g/mol. The van der Waals surface area contributed by atoms with Crippen LogP contribution < -0.4 is 4.90 Å². The van der Waals surface area contributed by atoms with E-state index in [0.29, 0.717) is 12.8 Å². The van der Waals surface area contributed by atoms with Crippen LogP contribution in [0.25, 0.3) is 0 Å². The minimum absolute atomic E-state index is 0.149. The Kier molecular flexibility index (Phi) is 4.94. The number of anilines is 1. The van der Waals surface area contributed by atoms with E-state index < -0.39 is 0 Å². The third-order valence-corrected chi connectivity index (χ3v) is 4.00. The van der Waals surface area contributed by atoms with Crippen molar-refractivity contribution in [2.24, 2.45) is 0 Å². The molecule has 1 aromatic rings. The standard InChI is InChI=1S/C17H23NO2/c1-3-4-5-6-7-16(19)14-8-10-15-13(12-14)9-11-17(20)18(15)2/h8,10,12H,3-7,9,11H2,1-2H3. The average Bonchev–Trinajstić information content (AvgIpc) is 2.47. The molecule has 1 aliphatic rings. The Labute approximate surface area is 121 Å². The lowest BCUT2D eigenvalue weighted by Crippen LogP contribution is -2.31. The molecule has 0 radical (unpaired) electrons. The van der Waals surface area contributed by atoms with Crippen LogP contribution in [0.3, 0.4) is 0 Å². The molecular formula is C17H23NO2. The highest BCUT2D eigenvalue weighted by Crippen LogP contribution is 2.28. The highest BCUT2D eigenvalue weighted by Gasteiger charge is 2.21. The monoisotopic (exact) mass is 273 g/mol. The van der Waals surface area contributed by atoms with Gasteiger partial charge in [-0.05, 0) is 36.6 Å². The van der Waals surface area contributed by atoms with Crippen molar-refractivity contribution in [1.82, 2.24) is 0 Å². The molecule has 3 nitrogen and oxygen atoms in total. The number of nitrogens with zero attached hydrogens (tertiary/aromatic N) is 1. The summed E-state index contributed by atoms with van der Waals surface area (Å²) in [6, 6.07) is 5.74. The molecule has 0 fully saturated rings. The van der Waals surface area contributed by atoms with E-state index in [-0.39, 0.29) is 11.7 Å². The van der Waals surface area contributed by atoms with Crippen LogP contribution in [0.5, 0.6) is 0 Å². The summed E-state index contributed by atoms with van der Waals surface area (Å²) in [5, 5.41) is 0. The Morgan fingerprint density at radius 1 is 1.20 bits per heavy atom. The molecule has 0 N–H and O–H groups in total. The van der Waals surface area contributed by atoms with E-state index in [1.54, 1.807) is 11.9 Å². The van der Waals surface area contributed by atoms with Crippen molar-refractivity contribution in [3.05, 3.63) is 29.3 Å². The maximum absolute atomic E-state index is 12.2. The number of carbonyl (C=O) groups is 2. The fourth-order valence-electron chi connectivity index (χ4n) is 2.69. The predicted octanol–water partition coefficient (Wildman–Crippen LogP) is 3.75. The molecule has 20 heavy (non-hydrogen) atoms. The Balaban J connectivity index is 2.04. The summed E-state index contributed by atoms with van der Waals surface area (Å²) in [6.45, 7) is 2.17. The van der Waals surface area contributed by atoms with Crippen LogP contribution >= 0.6 is 0 Å². The van der Waals surface area contributed by atoms with Crippen LogP contribution in [0.4, 0.5) is 5.69 Å². The molecule has 0 bridgehead atoms. The van der Waals surface area contributed by atoms with E-state index in [2.05, 4.69) is 6.92 Å². The van der Waals surface area contributed by atoms with Crippen molar-refractivity contribution in [1.29, 1.82) is 0 Å². The van der Waals surface area contributed by atoms with Gasteiger partial charge in [0.25, 0.3) is 0 Å². The molecule has 0 atom stereocenters. The van der Waals surface area contributed by atoms with Crippen molar-refractivity contribution in [2.75, 3.05) is 11.9 Å². The van der Waals surface area contributed by atoms with Crippen molar-refractivity contribution < 1.29 is 9.59 Å². The molecule has 0 spiro atoms. The number of amides is 1. The zero-order valence-corrected chi connectivity index (χ0v) is 12.4. The molecule has 0 saturated carbocycles. The maximum Gasteiger partial charge on any atom is 0.227 e. The molecule has 1 amide bonds. The van der Waals surface area contributed by atoms with Gasteiger partial charge in [-0.25, -0.2) is 0 Å². The van der Waals surface area contributed by atoms with Crippen molar-refractivity contribution in [3.8, 4) is 0 Å². The van der Waals surface area contributed by atoms with Gasteiger partial charge in [0.1, 0.15) is 0 Å². The highest BCUT2D eigenvalue weighted by molar-refractivity contribution is 5.99. The fourth-order valence-corrected chi connectivity index (χ4v) is 2.69. The number of fused-ring (bicyclic) bond motifs is 1. The van der Waals surface area contributed by atoms with Crippen LogP contribution in [0, 0.1) is 0 Å². The lowest BCUT2D eigenvalue weighted by molar-refractivity contribution is -0.118. The summed E-state index contributed by atoms with van der Waals surface area (Å²) in [4.78, 5) is 25.5. The van der Waals surface area contributed by atoms with Gasteiger partial charge in [-0.15, -0.1) is 0 Å². The largest absolute Gasteiger partial charge is 0.315 e. The van der Waals surface area contributed by atoms with Gasteiger partial charge in [0.2, 0.25) is 5.91 Å². The van der Waals surface area contributed by atoms with E-state index in [4.69, 9.17) is 0 Å². The second kappa shape index (κ2) is 6.69. The molecule has 0 aromatic heterocycles. The Bertz CT molecular complexity index is 508. The minimum atomic E-state index is 0.149. The van der Waals surface area contributed by atoms with Crippen LogP contribution in [0.15, 0.2) is 18.2 Å². The number of benzene rings is 1. The van der Waals surface area contributed by atoms with E-state index in [0.717, 1.165) is 36.1 Å². The number of rotatable bonds is 6. The predicted molar refractivity (Wildman–Crippen MR) is 81.3 cm³/mol. The van der Waals surface area contributed by atoms with E-state index >= 15 is 0 Å². The van der Waals surface area contributed by atoms with E-state index in [1.165, 1.54) is 12.8 Å². The van der Waals surface area contributed by atoms with Gasteiger partial charge in [-0.2, -0.15) is 0 Å². The second-order valence-electron chi connectivity index (χ2n) is 5.53. The molecule has 1 heterocycles. The van der Waals surface area contributed by atoms with Crippen LogP contribution in [0.1, 0.15) is 61.4 Å². The summed E-state index contributed by atoms with van der Waals surface area (Å²) < 4.78 is 0. The maximum atomic E-state index is 12.2. The molecule has 0 saturated heterocycles. The molecule has 1 aromatic carbocycles. The Hall–Kier alpha value is -1.64. The number of Topliss-reactive ketones (excluding diaryl/α,β-unsaturated/α-hetero) is 1. The number of aryl methyl sites for hydroxylation is 1. The van der Waals surface area contributed by atoms with E-state index in [1.807, 2.05) is 18.2 Å². The molecule has 3 heteroatoms. The summed E-state index contributed by atoms with van der Waals surface area (Å²) in [6.07, 6.45) is 6.41.